The molecule has 0 unspecified atom stereocenters. The highest BCUT2D eigenvalue weighted by Gasteiger charge is 2.35. The summed E-state index contributed by atoms with van der Waals surface area (Å²) in [6, 6.07) is 9.41. The predicted molar refractivity (Wildman–Crippen MR) is 164 cm³/mol. The van der Waals surface area contributed by atoms with Gasteiger partial charge in [0.2, 0.25) is 5.91 Å². The summed E-state index contributed by atoms with van der Waals surface area (Å²) in [4.78, 5) is 51.1. The van der Waals surface area contributed by atoms with E-state index in [0.717, 1.165) is 47.4 Å². The zero-order valence-corrected chi connectivity index (χ0v) is 26.7. The van der Waals surface area contributed by atoms with E-state index in [2.05, 4.69) is 20.8 Å². The lowest BCUT2D eigenvalue weighted by atomic mass is 10.1. The molecule has 2 aromatic heterocycles. The van der Waals surface area contributed by atoms with E-state index in [1.807, 2.05) is 0 Å². The van der Waals surface area contributed by atoms with Gasteiger partial charge >= 0.3 is 18.1 Å². The van der Waals surface area contributed by atoms with Crippen molar-refractivity contribution in [2.45, 2.75) is 38.6 Å². The fourth-order valence-corrected chi connectivity index (χ4v) is 6.15. The fourth-order valence-electron chi connectivity index (χ4n) is 4.28. The SMILES string of the molecule is CCOC(=O)c1sc(NC(=O)CSc2nnc(CNC(=O)c3ccccc3C(F)(F)F)n2-c2ccc(F)cc2)c(C(=O)OCC)c1C. The maximum atomic E-state index is 13.7. The third kappa shape index (κ3) is 8.34. The van der Waals surface area contributed by atoms with Crippen LogP contribution in [0.15, 0.2) is 53.7 Å². The number of anilines is 1. The summed E-state index contributed by atoms with van der Waals surface area (Å²) in [5, 5.41) is 13.4. The van der Waals surface area contributed by atoms with Gasteiger partial charge in [-0.3, -0.25) is 14.2 Å². The first-order valence-electron chi connectivity index (χ1n) is 13.9. The number of carbonyl (C=O) groups is 4. The van der Waals surface area contributed by atoms with E-state index >= 15 is 0 Å². The Balaban J connectivity index is 1.56. The van der Waals surface area contributed by atoms with Gasteiger partial charge in [0.15, 0.2) is 11.0 Å². The Morgan fingerprint density at radius 2 is 1.62 bits per heavy atom. The molecule has 17 heteroatoms. The number of thiophene rings is 1. The number of nitrogens with zero attached hydrogens (tertiary/aromatic N) is 3. The molecule has 2 N–H and O–H groups in total. The highest BCUT2D eigenvalue weighted by molar-refractivity contribution is 7.99. The molecule has 0 saturated heterocycles. The lowest BCUT2D eigenvalue weighted by molar-refractivity contribution is -0.138. The van der Waals surface area contributed by atoms with Crippen LogP contribution in [0.1, 0.15) is 61.2 Å². The first kappa shape index (κ1) is 35.1. The summed E-state index contributed by atoms with van der Waals surface area (Å²) in [6.07, 6.45) is -4.76. The summed E-state index contributed by atoms with van der Waals surface area (Å²) < 4.78 is 65.6. The zero-order valence-electron chi connectivity index (χ0n) is 25.1. The second kappa shape index (κ2) is 15.2. The van der Waals surface area contributed by atoms with Crippen LogP contribution < -0.4 is 10.6 Å². The minimum Gasteiger partial charge on any atom is -0.462 e. The molecule has 11 nitrogen and oxygen atoms in total. The summed E-state index contributed by atoms with van der Waals surface area (Å²) in [5.41, 5.74) is -1.05. The van der Waals surface area contributed by atoms with E-state index in [0.29, 0.717) is 5.69 Å². The summed E-state index contributed by atoms with van der Waals surface area (Å²) >= 11 is 1.76. The van der Waals surface area contributed by atoms with E-state index in [-0.39, 0.29) is 57.5 Å². The first-order chi connectivity index (χ1) is 22.3. The summed E-state index contributed by atoms with van der Waals surface area (Å²) in [7, 11) is 0. The van der Waals surface area contributed by atoms with Gasteiger partial charge in [0.25, 0.3) is 5.91 Å². The number of aromatic nitrogens is 3. The van der Waals surface area contributed by atoms with Crippen LogP contribution in [0.4, 0.5) is 22.6 Å². The Labute approximate surface area is 273 Å². The van der Waals surface area contributed by atoms with Crippen LogP contribution in [-0.4, -0.2) is 57.5 Å². The average molecular weight is 694 g/mol. The number of alkyl halides is 3. The molecule has 2 heterocycles. The van der Waals surface area contributed by atoms with Crippen molar-refractivity contribution in [1.82, 2.24) is 20.1 Å². The Hall–Kier alpha value is -4.77. The number of nitrogens with one attached hydrogen (secondary N) is 2. The van der Waals surface area contributed by atoms with Gasteiger partial charge in [0, 0.05) is 5.69 Å². The maximum Gasteiger partial charge on any atom is 0.417 e. The number of esters is 2. The van der Waals surface area contributed by atoms with Crippen molar-refractivity contribution in [3.63, 3.8) is 0 Å². The van der Waals surface area contributed by atoms with Crippen LogP contribution in [0.2, 0.25) is 0 Å². The molecule has 4 aromatic rings. The van der Waals surface area contributed by atoms with Gasteiger partial charge < -0.3 is 20.1 Å². The normalized spacial score (nSPS) is 11.2. The van der Waals surface area contributed by atoms with E-state index in [9.17, 15) is 36.7 Å². The molecule has 0 spiro atoms. The molecule has 248 valence electrons. The number of hydrogen-bond acceptors (Lipinski definition) is 10. The lowest BCUT2D eigenvalue weighted by Crippen LogP contribution is -2.27. The van der Waals surface area contributed by atoms with Crippen molar-refractivity contribution < 1.29 is 46.2 Å². The highest BCUT2D eigenvalue weighted by Crippen LogP contribution is 2.35. The van der Waals surface area contributed by atoms with Gasteiger partial charge in [0.05, 0.1) is 42.2 Å². The van der Waals surface area contributed by atoms with E-state index in [4.69, 9.17) is 9.47 Å². The second-order valence-corrected chi connectivity index (χ2v) is 11.4. The molecule has 0 saturated carbocycles. The van der Waals surface area contributed by atoms with E-state index in [1.54, 1.807) is 13.8 Å². The molecule has 0 atom stereocenters. The summed E-state index contributed by atoms with van der Waals surface area (Å²) in [5.74, 6) is -3.74. The van der Waals surface area contributed by atoms with Crippen LogP contribution >= 0.6 is 23.1 Å². The smallest absolute Gasteiger partial charge is 0.417 e. The third-order valence-electron chi connectivity index (χ3n) is 6.34. The molecule has 2 aromatic carbocycles. The molecule has 47 heavy (non-hydrogen) atoms. The Bertz CT molecular complexity index is 1790. The van der Waals surface area contributed by atoms with E-state index in [1.165, 1.54) is 35.8 Å². The number of hydrogen-bond donors (Lipinski definition) is 2. The number of rotatable bonds is 12. The van der Waals surface area contributed by atoms with Crippen LogP contribution in [0, 0.1) is 12.7 Å². The molecular weight excluding hydrogens is 666 g/mol. The van der Waals surface area contributed by atoms with Crippen LogP contribution in [0.5, 0.6) is 0 Å². The molecule has 0 aliphatic rings. The first-order valence-corrected chi connectivity index (χ1v) is 15.7. The van der Waals surface area contributed by atoms with Gasteiger partial charge in [-0.1, -0.05) is 23.9 Å². The Kier molecular flexibility index (Phi) is 11.4. The molecule has 4 rings (SSSR count). The monoisotopic (exact) mass is 693 g/mol. The highest BCUT2D eigenvalue weighted by atomic mass is 32.2. The van der Waals surface area contributed by atoms with Gasteiger partial charge in [-0.2, -0.15) is 13.2 Å². The number of amides is 2. The van der Waals surface area contributed by atoms with Gasteiger partial charge in [-0.05, 0) is 62.7 Å². The zero-order chi connectivity index (χ0) is 34.3. The molecule has 0 bridgehead atoms. The van der Waals surface area contributed by atoms with Crippen LogP contribution in [0.25, 0.3) is 5.69 Å². The van der Waals surface area contributed by atoms with Gasteiger partial charge in [0.1, 0.15) is 15.7 Å². The van der Waals surface area contributed by atoms with Crippen molar-refractivity contribution in [2.24, 2.45) is 0 Å². The predicted octanol–water partition coefficient (Wildman–Crippen LogP) is 5.81. The molecule has 0 radical (unpaired) electrons. The fraction of sp³-hybridized carbons (Fsp3) is 0.267. The largest absolute Gasteiger partial charge is 0.462 e. The Morgan fingerprint density at radius 3 is 2.28 bits per heavy atom. The quantitative estimate of drug-likeness (QED) is 0.107. The number of carbonyl (C=O) groups excluding carboxylic acids is 4. The van der Waals surface area contributed by atoms with Crippen LogP contribution in [0.3, 0.4) is 0 Å². The lowest BCUT2D eigenvalue weighted by Gasteiger charge is -2.13. The van der Waals surface area contributed by atoms with Crippen molar-refractivity contribution in [3.05, 3.63) is 87.3 Å². The van der Waals surface area contributed by atoms with Gasteiger partial charge in [-0.25, -0.2) is 14.0 Å². The minimum atomic E-state index is -4.76. The van der Waals surface area contributed by atoms with Gasteiger partial charge in [-0.15, -0.1) is 21.5 Å². The number of ether oxygens (including phenoxy) is 2. The Morgan fingerprint density at radius 1 is 0.957 bits per heavy atom. The maximum absolute atomic E-state index is 13.7. The molecule has 2 amide bonds. The minimum absolute atomic E-state index is 0.0119. The van der Waals surface area contributed by atoms with Crippen molar-refractivity contribution >= 4 is 51.9 Å². The number of benzene rings is 2. The average Bonchev–Trinajstić information content (AvgIpc) is 3.59. The second-order valence-electron chi connectivity index (χ2n) is 9.47. The van der Waals surface area contributed by atoms with Crippen molar-refractivity contribution in [2.75, 3.05) is 24.3 Å². The molecule has 0 aliphatic heterocycles. The topological polar surface area (TPSA) is 142 Å². The number of halogens is 4. The van der Waals surface area contributed by atoms with Crippen LogP contribution in [-0.2, 0) is 27.0 Å². The molecule has 0 aliphatic carbocycles. The van der Waals surface area contributed by atoms with E-state index < -0.39 is 46.9 Å². The van der Waals surface area contributed by atoms with Crippen molar-refractivity contribution in [1.29, 1.82) is 0 Å². The number of thioether (sulfide) groups is 1. The molecule has 0 fully saturated rings. The third-order valence-corrected chi connectivity index (χ3v) is 8.46. The standard InChI is InChI=1S/C30H27F4N5O6S2/c1-4-44-27(42)23-16(3)24(28(43)45-5-2)47-26(23)36-22(40)15-46-29-38-37-21(39(29)18-12-10-17(31)11-13-18)14-35-25(41)19-8-6-7-9-20(19)30(32,33)34/h6-13H,4-5,14-15H2,1-3H3,(H,35,41)(H,36,40). The summed E-state index contributed by atoms with van der Waals surface area (Å²) in [6.45, 7) is 4.57. The molecular formula is C30H27F4N5O6S2. The van der Waals surface area contributed by atoms with Crippen molar-refractivity contribution in [3.8, 4) is 5.69 Å².